The highest BCUT2D eigenvalue weighted by Crippen LogP contribution is 2.35. The van der Waals surface area contributed by atoms with Crippen molar-refractivity contribution >= 4 is 23.6 Å². The fraction of sp³-hybridized carbons (Fsp3) is 0.333. The van der Waals surface area contributed by atoms with Gasteiger partial charge in [-0.2, -0.15) is 5.10 Å². The molecule has 1 aliphatic heterocycles. The summed E-state index contributed by atoms with van der Waals surface area (Å²) in [6.07, 6.45) is 3.86. The number of amides is 4. The van der Waals surface area contributed by atoms with Crippen molar-refractivity contribution in [1.82, 2.24) is 15.6 Å². The minimum absolute atomic E-state index is 0.149. The molecule has 2 fully saturated rings. The van der Waals surface area contributed by atoms with Gasteiger partial charge in [0.25, 0.3) is 5.91 Å². The van der Waals surface area contributed by atoms with Crippen LogP contribution in [0.2, 0.25) is 0 Å². The molecule has 31 heavy (non-hydrogen) atoms. The molecule has 1 saturated carbocycles. The van der Waals surface area contributed by atoms with E-state index in [1.54, 1.807) is 0 Å². The van der Waals surface area contributed by atoms with E-state index in [0.29, 0.717) is 25.0 Å². The molecule has 4 rings (SSSR count). The lowest BCUT2D eigenvalue weighted by molar-refractivity contribution is -0.131. The molecule has 1 heterocycles. The van der Waals surface area contributed by atoms with Gasteiger partial charge in [0.15, 0.2) is 0 Å². The van der Waals surface area contributed by atoms with E-state index in [9.17, 15) is 14.4 Å². The van der Waals surface area contributed by atoms with Crippen molar-refractivity contribution in [2.45, 2.75) is 44.1 Å². The number of hydrazone groups is 1. The fourth-order valence-electron chi connectivity index (χ4n) is 4.26. The van der Waals surface area contributed by atoms with Crippen LogP contribution in [0.4, 0.5) is 4.79 Å². The van der Waals surface area contributed by atoms with E-state index in [-0.39, 0.29) is 30.8 Å². The lowest BCUT2D eigenvalue weighted by Gasteiger charge is -2.19. The van der Waals surface area contributed by atoms with Crippen molar-refractivity contribution in [2.75, 3.05) is 6.54 Å². The maximum Gasteiger partial charge on any atom is 0.325 e. The van der Waals surface area contributed by atoms with Crippen LogP contribution in [0, 0.1) is 0 Å². The highest BCUT2D eigenvalue weighted by molar-refractivity contribution is 6.13. The van der Waals surface area contributed by atoms with E-state index >= 15 is 0 Å². The van der Waals surface area contributed by atoms with Crippen LogP contribution < -0.4 is 10.7 Å². The van der Waals surface area contributed by atoms with E-state index in [2.05, 4.69) is 15.8 Å². The fourth-order valence-corrected chi connectivity index (χ4v) is 4.26. The molecule has 7 heteroatoms. The number of urea groups is 1. The van der Waals surface area contributed by atoms with Crippen LogP contribution in [0.3, 0.4) is 0 Å². The average Bonchev–Trinajstić information content (AvgIpc) is 3.35. The van der Waals surface area contributed by atoms with Gasteiger partial charge in [-0.1, -0.05) is 73.5 Å². The second-order valence-electron chi connectivity index (χ2n) is 8.01. The van der Waals surface area contributed by atoms with Gasteiger partial charge in [-0.25, -0.2) is 10.2 Å². The normalized spacial score (nSPS) is 17.0. The van der Waals surface area contributed by atoms with Crippen molar-refractivity contribution in [3.8, 4) is 0 Å². The summed E-state index contributed by atoms with van der Waals surface area (Å²) in [5.41, 5.74) is 4.39. The third-order valence-electron chi connectivity index (χ3n) is 5.88. The molecular weight excluding hydrogens is 392 g/mol. The molecule has 0 atom stereocenters. The number of rotatable bonds is 7. The monoisotopic (exact) mass is 418 g/mol. The van der Waals surface area contributed by atoms with Gasteiger partial charge in [-0.05, 0) is 19.3 Å². The van der Waals surface area contributed by atoms with Crippen molar-refractivity contribution in [3.63, 3.8) is 0 Å². The number of hydrogen-bond donors (Lipinski definition) is 2. The smallest absolute Gasteiger partial charge is 0.323 e. The van der Waals surface area contributed by atoms with Gasteiger partial charge in [0.2, 0.25) is 5.91 Å². The van der Waals surface area contributed by atoms with Crippen LogP contribution in [0.25, 0.3) is 0 Å². The van der Waals surface area contributed by atoms with Gasteiger partial charge >= 0.3 is 6.03 Å². The summed E-state index contributed by atoms with van der Waals surface area (Å²) in [6, 6.07) is 18.9. The number of carbonyl (C=O) groups is 3. The Kier molecular flexibility index (Phi) is 6.11. The van der Waals surface area contributed by atoms with Crippen molar-refractivity contribution in [1.29, 1.82) is 0 Å². The number of nitrogens with zero attached hydrogens (tertiary/aromatic N) is 2. The van der Waals surface area contributed by atoms with Crippen molar-refractivity contribution in [2.24, 2.45) is 5.10 Å². The van der Waals surface area contributed by atoms with Crippen LogP contribution >= 0.6 is 0 Å². The van der Waals surface area contributed by atoms with Crippen LogP contribution in [0.5, 0.6) is 0 Å². The molecule has 1 aliphatic carbocycles. The standard InChI is InChI=1S/C24H26N4O3/c29-20(14-9-17-28-22(30)24(25-23(28)31)15-7-8-16-24)26-27-21(18-10-3-1-4-11-18)19-12-5-2-6-13-19/h1-6,10-13H,7-9,14-17H2,(H,25,31)(H,26,29). The lowest BCUT2D eigenvalue weighted by atomic mass is 9.98. The topological polar surface area (TPSA) is 90.9 Å². The molecule has 1 spiro atoms. The Balaban J connectivity index is 1.35. The summed E-state index contributed by atoms with van der Waals surface area (Å²) in [6.45, 7) is 0.230. The minimum Gasteiger partial charge on any atom is -0.323 e. The molecule has 2 aromatic carbocycles. The second-order valence-corrected chi connectivity index (χ2v) is 8.01. The number of benzene rings is 2. The molecule has 0 aromatic heterocycles. The van der Waals surface area contributed by atoms with Crippen molar-refractivity contribution in [3.05, 3.63) is 71.8 Å². The van der Waals surface area contributed by atoms with Gasteiger partial charge in [-0.3, -0.25) is 14.5 Å². The molecule has 7 nitrogen and oxygen atoms in total. The minimum atomic E-state index is -0.704. The van der Waals surface area contributed by atoms with E-state index in [0.717, 1.165) is 24.0 Å². The molecular formula is C24H26N4O3. The Morgan fingerprint density at radius 1 is 0.968 bits per heavy atom. The average molecular weight is 418 g/mol. The summed E-state index contributed by atoms with van der Waals surface area (Å²) in [7, 11) is 0. The summed E-state index contributed by atoms with van der Waals surface area (Å²) in [5, 5.41) is 7.22. The van der Waals surface area contributed by atoms with E-state index in [1.807, 2.05) is 60.7 Å². The number of hydrogen-bond acceptors (Lipinski definition) is 4. The molecule has 4 amide bonds. The zero-order valence-electron chi connectivity index (χ0n) is 17.3. The highest BCUT2D eigenvalue weighted by Gasteiger charge is 2.51. The molecule has 1 saturated heterocycles. The highest BCUT2D eigenvalue weighted by atomic mass is 16.2. The van der Waals surface area contributed by atoms with Crippen LogP contribution in [0.1, 0.15) is 49.7 Å². The summed E-state index contributed by atoms with van der Waals surface area (Å²) >= 11 is 0. The van der Waals surface area contributed by atoms with Crippen LogP contribution in [0.15, 0.2) is 65.8 Å². The van der Waals surface area contributed by atoms with E-state index in [1.165, 1.54) is 4.90 Å². The van der Waals surface area contributed by atoms with Gasteiger partial charge in [0.1, 0.15) is 5.54 Å². The van der Waals surface area contributed by atoms with Crippen LogP contribution in [-0.4, -0.2) is 40.5 Å². The van der Waals surface area contributed by atoms with E-state index in [4.69, 9.17) is 0 Å². The Labute approximate surface area is 181 Å². The molecule has 0 bridgehead atoms. The lowest BCUT2D eigenvalue weighted by Crippen LogP contribution is -2.44. The van der Waals surface area contributed by atoms with Gasteiger partial charge in [0.05, 0.1) is 5.71 Å². The Morgan fingerprint density at radius 2 is 1.55 bits per heavy atom. The second kappa shape index (κ2) is 9.12. The first-order chi connectivity index (χ1) is 15.1. The van der Waals surface area contributed by atoms with Gasteiger partial charge < -0.3 is 5.32 Å². The maximum absolute atomic E-state index is 12.7. The molecule has 2 N–H and O–H groups in total. The van der Waals surface area contributed by atoms with Crippen molar-refractivity contribution < 1.29 is 14.4 Å². The van der Waals surface area contributed by atoms with Crippen LogP contribution in [-0.2, 0) is 9.59 Å². The molecule has 160 valence electrons. The number of carbonyl (C=O) groups excluding carboxylic acids is 3. The predicted molar refractivity (Wildman–Crippen MR) is 117 cm³/mol. The van der Waals surface area contributed by atoms with Gasteiger partial charge in [-0.15, -0.1) is 0 Å². The van der Waals surface area contributed by atoms with Gasteiger partial charge in [0, 0.05) is 24.1 Å². The Bertz CT molecular complexity index is 941. The molecule has 0 radical (unpaired) electrons. The first kappa shape index (κ1) is 20.8. The first-order valence-electron chi connectivity index (χ1n) is 10.7. The van der Waals surface area contributed by atoms with E-state index < -0.39 is 5.54 Å². The number of imide groups is 1. The molecule has 0 unspecified atom stereocenters. The maximum atomic E-state index is 12.7. The Hall–Kier alpha value is -3.48. The Morgan fingerprint density at radius 3 is 2.13 bits per heavy atom. The predicted octanol–water partition coefficient (Wildman–Crippen LogP) is 3.20. The third-order valence-corrected chi connectivity index (χ3v) is 5.88. The quantitative estimate of drug-likeness (QED) is 0.411. The molecule has 2 aliphatic rings. The third kappa shape index (κ3) is 4.50. The SMILES string of the molecule is O=C(CCCN1C(=O)NC2(CCCC2)C1=O)NN=C(c1ccccc1)c1ccccc1. The zero-order valence-corrected chi connectivity index (χ0v) is 17.3. The largest absolute Gasteiger partial charge is 0.325 e. The first-order valence-corrected chi connectivity index (χ1v) is 10.7. The summed E-state index contributed by atoms with van der Waals surface area (Å²) in [5.74, 6) is -0.407. The molecule has 2 aromatic rings. The summed E-state index contributed by atoms with van der Waals surface area (Å²) < 4.78 is 0. The number of nitrogens with one attached hydrogen (secondary N) is 2. The zero-order chi connectivity index (χ0) is 21.7. The summed E-state index contributed by atoms with van der Waals surface area (Å²) in [4.78, 5) is 38.5.